The molecule has 7 heteroatoms. The summed E-state index contributed by atoms with van der Waals surface area (Å²) in [4.78, 5) is 30.1. The minimum Gasteiger partial charge on any atom is -0.478 e. The first kappa shape index (κ1) is 12.6. The van der Waals surface area contributed by atoms with Gasteiger partial charge in [-0.3, -0.25) is 9.78 Å². The maximum Gasteiger partial charge on any atom is 0.352 e. The Morgan fingerprint density at radius 2 is 1.94 bits per heavy atom. The molecular formula is C9H6Cl2O5. The van der Waals surface area contributed by atoms with Gasteiger partial charge in [-0.1, -0.05) is 23.2 Å². The van der Waals surface area contributed by atoms with Crippen LogP contribution in [0.3, 0.4) is 0 Å². The summed E-state index contributed by atoms with van der Waals surface area (Å²) < 4.78 is 0. The van der Waals surface area contributed by atoms with Crippen LogP contribution >= 0.6 is 23.2 Å². The van der Waals surface area contributed by atoms with E-state index in [1.54, 1.807) is 0 Å². The molecule has 0 saturated heterocycles. The van der Waals surface area contributed by atoms with Crippen LogP contribution in [0.1, 0.15) is 17.3 Å². The van der Waals surface area contributed by atoms with E-state index < -0.39 is 11.9 Å². The van der Waals surface area contributed by atoms with Gasteiger partial charge in [-0.15, -0.1) is 0 Å². The van der Waals surface area contributed by atoms with Gasteiger partial charge in [-0.2, -0.15) is 0 Å². The molecule has 0 atom stereocenters. The minimum atomic E-state index is -1.28. The highest BCUT2D eigenvalue weighted by Crippen LogP contribution is 2.35. The summed E-state index contributed by atoms with van der Waals surface area (Å²) in [7, 11) is 0. The van der Waals surface area contributed by atoms with Gasteiger partial charge in [0.15, 0.2) is 0 Å². The lowest BCUT2D eigenvalue weighted by molar-refractivity contribution is -0.211. The molecule has 16 heavy (non-hydrogen) atoms. The molecule has 0 aromatic heterocycles. The second kappa shape index (κ2) is 5.05. The van der Waals surface area contributed by atoms with Crippen molar-refractivity contribution in [1.29, 1.82) is 0 Å². The number of aromatic carboxylic acids is 1. The van der Waals surface area contributed by atoms with E-state index in [0.29, 0.717) is 0 Å². The lowest BCUT2D eigenvalue weighted by Gasteiger charge is -2.08. The normalized spacial score (nSPS) is 9.69. The van der Waals surface area contributed by atoms with Crippen LogP contribution in [0, 0.1) is 0 Å². The molecule has 1 aromatic carbocycles. The number of hydrogen-bond acceptors (Lipinski definition) is 4. The molecule has 0 heterocycles. The van der Waals surface area contributed by atoms with Crippen LogP contribution in [0.15, 0.2) is 12.1 Å². The van der Waals surface area contributed by atoms with Crippen LogP contribution in [-0.2, 0) is 9.68 Å². The maximum absolute atomic E-state index is 10.8. The van der Waals surface area contributed by atoms with Crippen LogP contribution in [0.4, 0.5) is 0 Å². The summed E-state index contributed by atoms with van der Waals surface area (Å²) in [6, 6.07) is 2.49. The monoisotopic (exact) mass is 264 g/mol. The predicted molar refractivity (Wildman–Crippen MR) is 55.8 cm³/mol. The van der Waals surface area contributed by atoms with E-state index in [1.165, 1.54) is 12.1 Å². The van der Waals surface area contributed by atoms with Gasteiger partial charge in [-0.05, 0) is 12.1 Å². The molecule has 0 aliphatic rings. The topological polar surface area (TPSA) is 72.8 Å². The van der Waals surface area contributed by atoms with Crippen molar-refractivity contribution in [2.24, 2.45) is 0 Å². The molecule has 1 rings (SSSR count). The van der Waals surface area contributed by atoms with Crippen molar-refractivity contribution in [2.45, 2.75) is 6.92 Å². The van der Waals surface area contributed by atoms with Crippen molar-refractivity contribution >= 4 is 35.1 Å². The zero-order valence-electron chi connectivity index (χ0n) is 7.99. The number of carbonyl (C=O) groups is 2. The van der Waals surface area contributed by atoms with Crippen molar-refractivity contribution in [1.82, 2.24) is 0 Å². The molecule has 86 valence electrons. The van der Waals surface area contributed by atoms with Crippen molar-refractivity contribution < 1.29 is 24.5 Å². The quantitative estimate of drug-likeness (QED) is 0.671. The Morgan fingerprint density at radius 1 is 1.31 bits per heavy atom. The molecule has 0 aliphatic heterocycles. The summed E-state index contributed by atoms with van der Waals surface area (Å²) >= 11 is 11.4. The van der Waals surface area contributed by atoms with Crippen LogP contribution in [0.5, 0.6) is 5.75 Å². The van der Waals surface area contributed by atoms with Crippen molar-refractivity contribution in [3.8, 4) is 5.75 Å². The maximum atomic E-state index is 10.8. The summed E-state index contributed by atoms with van der Waals surface area (Å²) in [6.07, 6.45) is 0. The lowest BCUT2D eigenvalue weighted by Crippen LogP contribution is -2.08. The van der Waals surface area contributed by atoms with Crippen molar-refractivity contribution in [3.05, 3.63) is 27.7 Å². The summed E-state index contributed by atoms with van der Waals surface area (Å²) in [5, 5.41) is 8.78. The molecule has 0 spiro atoms. The van der Waals surface area contributed by atoms with Gasteiger partial charge < -0.3 is 5.11 Å². The molecular weight excluding hydrogens is 259 g/mol. The van der Waals surface area contributed by atoms with E-state index in [2.05, 4.69) is 9.78 Å². The Morgan fingerprint density at radius 3 is 2.44 bits per heavy atom. The predicted octanol–water partition coefficient (Wildman–Crippen LogP) is 2.55. The van der Waals surface area contributed by atoms with E-state index in [9.17, 15) is 9.59 Å². The highest BCUT2D eigenvalue weighted by Gasteiger charge is 2.19. The molecule has 0 saturated carbocycles. The van der Waals surface area contributed by atoms with Crippen LogP contribution in [0.2, 0.25) is 10.0 Å². The number of carboxylic acids is 1. The third kappa shape index (κ3) is 2.77. The molecule has 0 amide bonds. The number of carboxylic acid groups (broad SMARTS) is 1. The largest absolute Gasteiger partial charge is 0.478 e. The zero-order chi connectivity index (χ0) is 12.3. The highest BCUT2D eigenvalue weighted by molar-refractivity contribution is 6.43. The van der Waals surface area contributed by atoms with Gasteiger partial charge in [0.1, 0.15) is 10.6 Å². The van der Waals surface area contributed by atoms with Crippen LogP contribution in [-0.4, -0.2) is 17.0 Å². The number of halogens is 2. The lowest BCUT2D eigenvalue weighted by atomic mass is 10.2. The Kier molecular flexibility index (Phi) is 3.98. The summed E-state index contributed by atoms with van der Waals surface area (Å²) in [5.74, 6) is -2.33. The number of rotatable bonds is 3. The average molecular weight is 265 g/mol. The molecule has 0 unspecified atom stereocenters. The molecule has 0 fully saturated rings. The minimum absolute atomic E-state index is 0.0915. The molecule has 1 aromatic rings. The third-order valence-corrected chi connectivity index (χ3v) is 2.31. The van der Waals surface area contributed by atoms with E-state index in [1.807, 2.05) is 0 Å². The first-order valence-corrected chi connectivity index (χ1v) is 4.75. The fraction of sp³-hybridized carbons (Fsp3) is 0.111. The standard InChI is InChI=1S/C9H6Cl2O5/c1-4(12)15-16-8-5(9(13)14)2-3-6(10)7(8)11/h2-3H,1H3,(H,13,14). The Labute approximate surface area is 100 Å². The Bertz CT molecular complexity index is 444. The van der Waals surface area contributed by atoms with Gasteiger partial charge in [0.2, 0.25) is 5.75 Å². The van der Waals surface area contributed by atoms with Crippen LogP contribution in [0.25, 0.3) is 0 Å². The molecule has 0 aliphatic carbocycles. The summed E-state index contributed by atoms with van der Waals surface area (Å²) in [6.45, 7) is 1.10. The SMILES string of the molecule is CC(=O)OOc1c(C(=O)O)ccc(Cl)c1Cl. The second-order valence-corrected chi connectivity index (χ2v) is 3.49. The first-order chi connectivity index (χ1) is 7.43. The van der Waals surface area contributed by atoms with Gasteiger partial charge in [0.05, 0.1) is 5.02 Å². The third-order valence-electron chi connectivity index (χ3n) is 1.52. The van der Waals surface area contributed by atoms with E-state index in [4.69, 9.17) is 28.3 Å². The van der Waals surface area contributed by atoms with E-state index in [-0.39, 0.29) is 21.4 Å². The number of benzene rings is 1. The van der Waals surface area contributed by atoms with Gasteiger partial charge >= 0.3 is 11.9 Å². The van der Waals surface area contributed by atoms with Crippen molar-refractivity contribution in [3.63, 3.8) is 0 Å². The fourth-order valence-corrected chi connectivity index (χ4v) is 1.23. The second-order valence-electron chi connectivity index (χ2n) is 2.70. The fourth-order valence-electron chi connectivity index (χ4n) is 0.882. The molecule has 0 bridgehead atoms. The molecule has 0 radical (unpaired) electrons. The average Bonchev–Trinajstić information content (AvgIpc) is 2.19. The number of hydrogen-bond donors (Lipinski definition) is 1. The first-order valence-electron chi connectivity index (χ1n) is 4.00. The van der Waals surface area contributed by atoms with E-state index >= 15 is 0 Å². The Hall–Kier alpha value is -1.46. The Balaban J connectivity index is 3.15. The van der Waals surface area contributed by atoms with Gasteiger partial charge in [-0.25, -0.2) is 9.59 Å². The molecule has 1 N–H and O–H groups in total. The van der Waals surface area contributed by atoms with Crippen molar-refractivity contribution in [2.75, 3.05) is 0 Å². The smallest absolute Gasteiger partial charge is 0.352 e. The van der Waals surface area contributed by atoms with E-state index in [0.717, 1.165) is 6.92 Å². The van der Waals surface area contributed by atoms with Gasteiger partial charge in [0, 0.05) is 6.92 Å². The number of carbonyl (C=O) groups excluding carboxylic acids is 1. The van der Waals surface area contributed by atoms with Crippen LogP contribution < -0.4 is 4.89 Å². The van der Waals surface area contributed by atoms with Gasteiger partial charge in [0.25, 0.3) is 0 Å². The zero-order valence-corrected chi connectivity index (χ0v) is 9.50. The molecule has 5 nitrogen and oxygen atoms in total. The highest BCUT2D eigenvalue weighted by atomic mass is 35.5. The summed E-state index contributed by atoms with van der Waals surface area (Å²) in [5.41, 5.74) is -0.254.